The molecule has 3 nitrogen and oxygen atoms in total. The lowest BCUT2D eigenvalue weighted by molar-refractivity contribution is -0.0410. The van der Waals surface area contributed by atoms with Crippen LogP contribution in [0.3, 0.4) is 0 Å². The van der Waals surface area contributed by atoms with Gasteiger partial charge in [0.05, 0.1) is 0 Å². The molecule has 0 aliphatic heterocycles. The van der Waals surface area contributed by atoms with Gasteiger partial charge in [-0.1, -0.05) is 41.9 Å². The second-order valence-electron chi connectivity index (χ2n) is 4.78. The van der Waals surface area contributed by atoms with Gasteiger partial charge in [-0.05, 0) is 36.8 Å². The van der Waals surface area contributed by atoms with E-state index in [1.807, 2.05) is 37.3 Å². The molecule has 20 heavy (non-hydrogen) atoms. The molecule has 2 rings (SSSR count). The van der Waals surface area contributed by atoms with Crippen molar-refractivity contribution in [1.82, 2.24) is 0 Å². The van der Waals surface area contributed by atoms with Crippen LogP contribution in [0.5, 0.6) is 5.75 Å². The van der Waals surface area contributed by atoms with Gasteiger partial charge in [0.15, 0.2) is 5.60 Å². The van der Waals surface area contributed by atoms with Gasteiger partial charge >= 0.3 is 0 Å². The Morgan fingerprint density at radius 1 is 1.15 bits per heavy atom. The summed E-state index contributed by atoms with van der Waals surface area (Å²) in [7, 11) is 0. The van der Waals surface area contributed by atoms with E-state index in [-0.39, 0.29) is 6.54 Å². The van der Waals surface area contributed by atoms with Crippen molar-refractivity contribution in [3.8, 4) is 5.75 Å². The molecule has 0 bridgehead atoms. The fraction of sp³-hybridized carbons (Fsp3) is 0.250. The molecule has 2 unspecified atom stereocenters. The Morgan fingerprint density at radius 3 is 2.30 bits per heavy atom. The maximum atomic E-state index is 10.3. The predicted octanol–water partition coefficient (Wildman–Crippen LogP) is 2.95. The molecular weight excluding hydrogens is 274 g/mol. The van der Waals surface area contributed by atoms with Crippen molar-refractivity contribution in [3.63, 3.8) is 0 Å². The lowest BCUT2D eigenvalue weighted by Gasteiger charge is -2.35. The minimum Gasteiger partial charge on any atom is -0.480 e. The Labute approximate surface area is 123 Å². The third-order valence-corrected chi connectivity index (χ3v) is 3.60. The van der Waals surface area contributed by atoms with Crippen LogP contribution in [0, 0.1) is 0 Å². The maximum Gasteiger partial charge on any atom is 0.158 e. The SMILES string of the molecule is CC(Oc1ccc(Cl)cc1)(c1ccccc1)C(O)CN. The summed E-state index contributed by atoms with van der Waals surface area (Å²) in [6, 6.07) is 16.6. The first-order valence-electron chi connectivity index (χ1n) is 6.44. The standard InChI is InChI=1S/C16H18ClNO2/c1-16(15(19)11-18,12-5-3-2-4-6-12)20-14-9-7-13(17)8-10-14/h2-10,15,19H,11,18H2,1H3. The summed E-state index contributed by atoms with van der Waals surface area (Å²) in [6.45, 7) is 1.94. The van der Waals surface area contributed by atoms with Crippen LogP contribution in [0.1, 0.15) is 12.5 Å². The molecule has 2 aromatic carbocycles. The quantitative estimate of drug-likeness (QED) is 0.890. The summed E-state index contributed by atoms with van der Waals surface area (Å²) in [4.78, 5) is 0. The molecule has 2 aromatic rings. The number of halogens is 1. The van der Waals surface area contributed by atoms with Crippen molar-refractivity contribution in [2.75, 3.05) is 6.54 Å². The third-order valence-electron chi connectivity index (χ3n) is 3.35. The zero-order valence-electron chi connectivity index (χ0n) is 11.3. The second-order valence-corrected chi connectivity index (χ2v) is 5.22. The Bertz CT molecular complexity index is 544. The largest absolute Gasteiger partial charge is 0.480 e. The number of aliphatic hydroxyl groups excluding tert-OH is 1. The van der Waals surface area contributed by atoms with Gasteiger partial charge in [0.1, 0.15) is 11.9 Å². The van der Waals surface area contributed by atoms with Crippen LogP contribution in [0.2, 0.25) is 5.02 Å². The number of hydrogen-bond donors (Lipinski definition) is 2. The maximum absolute atomic E-state index is 10.3. The Morgan fingerprint density at radius 2 is 1.75 bits per heavy atom. The molecule has 0 saturated carbocycles. The fourth-order valence-corrected chi connectivity index (χ4v) is 2.19. The lowest BCUT2D eigenvalue weighted by atomic mass is 9.89. The molecule has 0 aromatic heterocycles. The highest BCUT2D eigenvalue weighted by molar-refractivity contribution is 6.30. The Balaban J connectivity index is 2.35. The monoisotopic (exact) mass is 291 g/mol. The van der Waals surface area contributed by atoms with Gasteiger partial charge in [-0.3, -0.25) is 0 Å². The minimum atomic E-state index is -0.913. The van der Waals surface area contributed by atoms with Gasteiger partial charge in [0.25, 0.3) is 0 Å². The molecule has 0 radical (unpaired) electrons. The highest BCUT2D eigenvalue weighted by Gasteiger charge is 2.36. The number of hydrogen-bond acceptors (Lipinski definition) is 3. The van der Waals surface area contributed by atoms with Gasteiger partial charge in [-0.15, -0.1) is 0 Å². The van der Waals surface area contributed by atoms with Crippen LogP contribution in [0.25, 0.3) is 0 Å². The first-order valence-corrected chi connectivity index (χ1v) is 6.82. The molecule has 0 saturated heterocycles. The van der Waals surface area contributed by atoms with Crippen molar-refractivity contribution < 1.29 is 9.84 Å². The van der Waals surface area contributed by atoms with Gasteiger partial charge in [-0.2, -0.15) is 0 Å². The van der Waals surface area contributed by atoms with Gasteiger partial charge < -0.3 is 15.6 Å². The predicted molar refractivity (Wildman–Crippen MR) is 80.9 cm³/mol. The van der Waals surface area contributed by atoms with E-state index >= 15 is 0 Å². The molecule has 0 fully saturated rings. The molecule has 0 heterocycles. The van der Waals surface area contributed by atoms with Gasteiger partial charge in [-0.25, -0.2) is 0 Å². The Hall–Kier alpha value is -1.55. The van der Waals surface area contributed by atoms with Crippen LogP contribution < -0.4 is 10.5 Å². The molecule has 2 atom stereocenters. The van der Waals surface area contributed by atoms with Crippen molar-refractivity contribution in [1.29, 1.82) is 0 Å². The van der Waals surface area contributed by atoms with Crippen LogP contribution in [-0.2, 0) is 5.60 Å². The molecule has 3 N–H and O–H groups in total. The zero-order valence-corrected chi connectivity index (χ0v) is 12.0. The molecule has 106 valence electrons. The fourth-order valence-electron chi connectivity index (χ4n) is 2.06. The van der Waals surface area contributed by atoms with E-state index in [2.05, 4.69) is 0 Å². The number of nitrogens with two attached hydrogens (primary N) is 1. The first kappa shape index (κ1) is 14.9. The number of rotatable bonds is 5. The summed E-state index contributed by atoms with van der Waals surface area (Å²) in [5.41, 5.74) is 5.58. The lowest BCUT2D eigenvalue weighted by Crippen LogP contribution is -2.46. The van der Waals surface area contributed by atoms with Crippen molar-refractivity contribution in [2.24, 2.45) is 5.73 Å². The second kappa shape index (κ2) is 6.27. The number of aliphatic hydroxyl groups is 1. The van der Waals surface area contributed by atoms with Crippen LogP contribution in [0.4, 0.5) is 0 Å². The highest BCUT2D eigenvalue weighted by atomic mass is 35.5. The molecule has 4 heteroatoms. The number of ether oxygens (including phenoxy) is 1. The molecule has 0 spiro atoms. The molecular formula is C16H18ClNO2. The summed E-state index contributed by atoms with van der Waals surface area (Å²) in [6.07, 6.45) is -0.819. The average Bonchev–Trinajstić information content (AvgIpc) is 2.49. The van der Waals surface area contributed by atoms with Crippen molar-refractivity contribution >= 4 is 11.6 Å². The van der Waals surface area contributed by atoms with Crippen molar-refractivity contribution in [3.05, 3.63) is 65.2 Å². The molecule has 0 aliphatic carbocycles. The minimum absolute atomic E-state index is 0.110. The normalized spacial score (nSPS) is 15.4. The highest BCUT2D eigenvalue weighted by Crippen LogP contribution is 2.31. The van der Waals surface area contributed by atoms with Gasteiger partial charge in [0, 0.05) is 11.6 Å². The van der Waals surface area contributed by atoms with E-state index in [1.54, 1.807) is 24.3 Å². The Kier molecular flexibility index (Phi) is 4.65. The zero-order chi connectivity index (χ0) is 14.6. The van der Waals surface area contributed by atoms with E-state index in [9.17, 15) is 5.11 Å². The van der Waals surface area contributed by atoms with E-state index < -0.39 is 11.7 Å². The van der Waals surface area contributed by atoms with Crippen molar-refractivity contribution in [2.45, 2.75) is 18.6 Å². The smallest absolute Gasteiger partial charge is 0.158 e. The van der Waals surface area contributed by atoms with Crippen LogP contribution >= 0.6 is 11.6 Å². The van der Waals surface area contributed by atoms with Crippen LogP contribution in [0.15, 0.2) is 54.6 Å². The van der Waals surface area contributed by atoms with E-state index in [4.69, 9.17) is 22.1 Å². The van der Waals surface area contributed by atoms with E-state index in [1.165, 1.54) is 0 Å². The first-order chi connectivity index (χ1) is 9.56. The van der Waals surface area contributed by atoms with Crippen LogP contribution in [-0.4, -0.2) is 17.8 Å². The molecule has 0 aliphatic rings. The summed E-state index contributed by atoms with van der Waals surface area (Å²) in [5, 5.41) is 10.9. The van der Waals surface area contributed by atoms with Gasteiger partial charge in [0.2, 0.25) is 0 Å². The summed E-state index contributed by atoms with van der Waals surface area (Å²) in [5.74, 6) is 0.633. The average molecular weight is 292 g/mol. The molecule has 0 amide bonds. The third kappa shape index (κ3) is 3.12. The van der Waals surface area contributed by atoms with E-state index in [0.717, 1.165) is 5.56 Å². The summed E-state index contributed by atoms with van der Waals surface area (Å²) >= 11 is 5.86. The topological polar surface area (TPSA) is 55.5 Å². The van der Waals surface area contributed by atoms with E-state index in [0.29, 0.717) is 10.8 Å². The number of benzene rings is 2. The summed E-state index contributed by atoms with van der Waals surface area (Å²) < 4.78 is 6.01.